The third-order valence-corrected chi connectivity index (χ3v) is 3.59. The molecule has 10 heteroatoms. The number of methoxy groups -OCH3 is 1. The van der Waals surface area contributed by atoms with E-state index in [4.69, 9.17) is 4.42 Å². The molecule has 1 N–H and O–H groups in total. The number of hydrogen-bond acceptors (Lipinski definition) is 7. The molecule has 0 saturated carbocycles. The van der Waals surface area contributed by atoms with Crippen molar-refractivity contribution < 1.29 is 18.9 Å². The molecular weight excluding hydrogens is 354 g/mol. The monoisotopic (exact) mass is 369 g/mol. The van der Waals surface area contributed by atoms with Crippen molar-refractivity contribution in [3.05, 3.63) is 63.8 Å². The fraction of sp³-hybridized carbons (Fsp3) is 0.118. The Bertz CT molecular complexity index is 1000. The molecule has 0 aliphatic rings. The van der Waals surface area contributed by atoms with Crippen LogP contribution in [0.25, 0.3) is 17.1 Å². The van der Waals surface area contributed by atoms with Crippen molar-refractivity contribution in [3.63, 3.8) is 0 Å². The summed E-state index contributed by atoms with van der Waals surface area (Å²) in [7, 11) is 1.22. The van der Waals surface area contributed by atoms with Gasteiger partial charge >= 0.3 is 12.0 Å². The van der Waals surface area contributed by atoms with Gasteiger partial charge in [0.25, 0.3) is 0 Å². The van der Waals surface area contributed by atoms with E-state index in [-0.39, 0.29) is 5.76 Å². The summed E-state index contributed by atoms with van der Waals surface area (Å²) in [4.78, 5) is 21.4. The van der Waals surface area contributed by atoms with Gasteiger partial charge in [0, 0.05) is 11.8 Å². The lowest BCUT2D eigenvalue weighted by Crippen LogP contribution is -2.16. The van der Waals surface area contributed by atoms with Crippen LogP contribution in [0.1, 0.15) is 11.1 Å². The van der Waals surface area contributed by atoms with Crippen LogP contribution in [0, 0.1) is 17.0 Å². The zero-order chi connectivity index (χ0) is 19.4. The van der Waals surface area contributed by atoms with Gasteiger partial charge in [-0.1, -0.05) is 17.7 Å². The topological polar surface area (TPSA) is 125 Å². The minimum atomic E-state index is -0.729. The number of ether oxygens (including phenoxy) is 1. The first-order valence-electron chi connectivity index (χ1n) is 7.76. The Hall–Kier alpha value is -3.95. The van der Waals surface area contributed by atoms with Crippen molar-refractivity contribution in [1.29, 1.82) is 0 Å². The van der Waals surface area contributed by atoms with Crippen LogP contribution >= 0.6 is 0 Å². The number of hydrogen-bond donors (Lipinski definition) is 1. The molecule has 0 aliphatic heterocycles. The smallest absolute Gasteiger partial charge is 0.433 e. The fourth-order valence-electron chi connectivity index (χ4n) is 2.26. The number of amides is 1. The summed E-state index contributed by atoms with van der Waals surface area (Å²) in [5.41, 5.74) is 4.86. The minimum absolute atomic E-state index is 0.201. The molecule has 1 aromatic carbocycles. The van der Waals surface area contributed by atoms with Gasteiger partial charge < -0.3 is 9.15 Å². The molecule has 0 unspecified atom stereocenters. The first kappa shape index (κ1) is 17.9. The summed E-state index contributed by atoms with van der Waals surface area (Å²) in [6, 6.07) is 10.3. The van der Waals surface area contributed by atoms with Gasteiger partial charge in [0.05, 0.1) is 25.1 Å². The molecule has 0 radical (unpaired) electrons. The molecular formula is C17H15N5O5. The maximum Gasteiger partial charge on any atom is 0.433 e. The maximum absolute atomic E-state index is 11.1. The minimum Gasteiger partial charge on any atom is -0.452 e. The van der Waals surface area contributed by atoms with Crippen molar-refractivity contribution in [1.82, 2.24) is 15.2 Å². The summed E-state index contributed by atoms with van der Waals surface area (Å²) in [5.74, 6) is -0.197. The standard InChI is InChI=1S/C17H15N5O5/c1-11-3-5-13(6-4-11)21-10-12(9-18-19-17(23)26-2)16(20-21)14-7-8-15(27-14)22(24)25/h3-10H,1-2H3,(H,19,23). The second-order valence-electron chi connectivity index (χ2n) is 5.47. The molecule has 0 saturated heterocycles. The molecule has 138 valence electrons. The molecule has 3 rings (SSSR count). The Balaban J connectivity index is 2.01. The first-order chi connectivity index (χ1) is 13.0. The summed E-state index contributed by atoms with van der Waals surface area (Å²) < 4.78 is 11.3. The predicted molar refractivity (Wildman–Crippen MR) is 95.8 cm³/mol. The largest absolute Gasteiger partial charge is 0.452 e. The van der Waals surface area contributed by atoms with E-state index >= 15 is 0 Å². The number of benzene rings is 1. The molecule has 0 fully saturated rings. The fourth-order valence-corrected chi connectivity index (χ4v) is 2.26. The quantitative estimate of drug-likeness (QED) is 0.419. The van der Waals surface area contributed by atoms with Crippen LogP contribution in [-0.4, -0.2) is 34.1 Å². The average molecular weight is 369 g/mol. The van der Waals surface area contributed by atoms with Gasteiger partial charge in [-0.15, -0.1) is 0 Å². The zero-order valence-electron chi connectivity index (χ0n) is 14.4. The third-order valence-electron chi connectivity index (χ3n) is 3.59. The highest BCUT2D eigenvalue weighted by atomic mass is 16.6. The molecule has 2 aromatic heterocycles. The number of aromatic nitrogens is 2. The summed E-state index contributed by atoms with van der Waals surface area (Å²) in [6.07, 6.45) is 2.28. The van der Waals surface area contributed by atoms with E-state index in [2.05, 4.69) is 20.4 Å². The Morgan fingerprint density at radius 2 is 2.07 bits per heavy atom. The third kappa shape index (κ3) is 4.00. The number of carbonyl (C=O) groups is 1. The van der Waals surface area contributed by atoms with E-state index in [1.54, 1.807) is 10.9 Å². The van der Waals surface area contributed by atoms with Crippen LogP contribution in [0.5, 0.6) is 0 Å². The summed E-state index contributed by atoms with van der Waals surface area (Å²) in [6.45, 7) is 1.97. The number of hydrazone groups is 1. The molecule has 3 aromatic rings. The molecule has 27 heavy (non-hydrogen) atoms. The van der Waals surface area contributed by atoms with Gasteiger partial charge in [0.15, 0.2) is 5.76 Å². The number of nitrogens with zero attached hydrogens (tertiary/aromatic N) is 4. The van der Waals surface area contributed by atoms with E-state index in [1.165, 1.54) is 25.5 Å². The van der Waals surface area contributed by atoms with Crippen molar-refractivity contribution in [2.75, 3.05) is 7.11 Å². The second-order valence-corrected chi connectivity index (χ2v) is 5.47. The van der Waals surface area contributed by atoms with Crippen LogP contribution in [0.15, 0.2) is 52.1 Å². The lowest BCUT2D eigenvalue weighted by Gasteiger charge is -2.00. The Kier molecular flexibility index (Phi) is 4.97. The van der Waals surface area contributed by atoms with Crippen molar-refractivity contribution in [3.8, 4) is 17.1 Å². The molecule has 10 nitrogen and oxygen atoms in total. The SMILES string of the molecule is COC(=O)NN=Cc1cn(-c2ccc(C)cc2)nc1-c1ccc([N+](=O)[O-])o1. The maximum atomic E-state index is 11.1. The van der Waals surface area contributed by atoms with E-state index in [0.29, 0.717) is 11.3 Å². The predicted octanol–water partition coefficient (Wildman–Crippen LogP) is 3.04. The van der Waals surface area contributed by atoms with Crippen LogP contribution in [-0.2, 0) is 4.74 Å². The Morgan fingerprint density at radius 3 is 2.70 bits per heavy atom. The summed E-state index contributed by atoms with van der Waals surface area (Å²) >= 11 is 0. The van der Waals surface area contributed by atoms with E-state index in [1.807, 2.05) is 31.2 Å². The summed E-state index contributed by atoms with van der Waals surface area (Å²) in [5, 5.41) is 19.1. The molecule has 0 aliphatic carbocycles. The molecule has 0 bridgehead atoms. The van der Waals surface area contributed by atoms with Crippen molar-refractivity contribution in [2.45, 2.75) is 6.92 Å². The van der Waals surface area contributed by atoms with Gasteiger partial charge in [-0.2, -0.15) is 10.2 Å². The number of furan rings is 1. The number of carbonyl (C=O) groups excluding carboxylic acids is 1. The zero-order valence-corrected chi connectivity index (χ0v) is 14.4. The normalized spacial score (nSPS) is 10.9. The van der Waals surface area contributed by atoms with E-state index < -0.39 is 16.9 Å². The highest BCUT2D eigenvalue weighted by Gasteiger charge is 2.19. The first-order valence-corrected chi connectivity index (χ1v) is 7.76. The highest BCUT2D eigenvalue weighted by Crippen LogP contribution is 2.27. The highest BCUT2D eigenvalue weighted by molar-refractivity contribution is 5.88. The second kappa shape index (κ2) is 7.52. The van der Waals surface area contributed by atoms with Crippen LogP contribution < -0.4 is 5.43 Å². The number of nitro groups is 1. The van der Waals surface area contributed by atoms with Gasteiger partial charge in [0.2, 0.25) is 0 Å². The average Bonchev–Trinajstić information content (AvgIpc) is 3.29. The van der Waals surface area contributed by atoms with Crippen LogP contribution in [0.4, 0.5) is 10.7 Å². The van der Waals surface area contributed by atoms with Crippen LogP contribution in [0.2, 0.25) is 0 Å². The van der Waals surface area contributed by atoms with Gasteiger partial charge in [0.1, 0.15) is 10.6 Å². The molecule has 1 amide bonds. The van der Waals surface area contributed by atoms with Gasteiger partial charge in [-0.3, -0.25) is 10.1 Å². The van der Waals surface area contributed by atoms with Crippen molar-refractivity contribution in [2.24, 2.45) is 5.10 Å². The number of rotatable bonds is 5. The van der Waals surface area contributed by atoms with E-state index in [9.17, 15) is 14.9 Å². The van der Waals surface area contributed by atoms with Gasteiger partial charge in [-0.25, -0.2) is 14.9 Å². The number of aryl methyl sites for hydroxylation is 1. The van der Waals surface area contributed by atoms with Crippen molar-refractivity contribution >= 4 is 18.2 Å². The van der Waals surface area contributed by atoms with E-state index in [0.717, 1.165) is 11.3 Å². The lowest BCUT2D eigenvalue weighted by molar-refractivity contribution is -0.401. The molecule has 2 heterocycles. The molecule has 0 atom stereocenters. The van der Waals surface area contributed by atoms with Crippen LogP contribution in [0.3, 0.4) is 0 Å². The lowest BCUT2D eigenvalue weighted by atomic mass is 10.2. The number of nitrogens with one attached hydrogen (secondary N) is 1. The van der Waals surface area contributed by atoms with Gasteiger partial charge in [-0.05, 0) is 25.1 Å². The molecule has 0 spiro atoms. The Labute approximate surface area is 153 Å². The Morgan fingerprint density at radius 1 is 1.33 bits per heavy atom.